The lowest BCUT2D eigenvalue weighted by Gasteiger charge is -2.35. The van der Waals surface area contributed by atoms with Gasteiger partial charge in [0.05, 0.1) is 0 Å². The molecule has 1 saturated heterocycles. The molecule has 1 N–H and O–H groups in total. The Bertz CT molecular complexity index is 172. The van der Waals surface area contributed by atoms with E-state index in [2.05, 4.69) is 38.0 Å². The summed E-state index contributed by atoms with van der Waals surface area (Å²) in [6, 6.07) is 0.655. The Morgan fingerprint density at radius 2 is 1.88 bits per heavy atom. The highest BCUT2D eigenvalue weighted by Gasteiger charge is 2.21. The van der Waals surface area contributed by atoms with Crippen LogP contribution in [0.5, 0.6) is 0 Å². The van der Waals surface area contributed by atoms with Crippen LogP contribution < -0.4 is 5.32 Å². The molecule has 0 amide bonds. The number of hydrogen-bond acceptors (Lipinski definition) is 2. The molecule has 0 aromatic rings. The van der Waals surface area contributed by atoms with Gasteiger partial charge in [0.2, 0.25) is 0 Å². The minimum Gasteiger partial charge on any atom is -0.315 e. The highest BCUT2D eigenvalue weighted by atomic mass is 15.2. The minimum absolute atomic E-state index is 0.655. The van der Waals surface area contributed by atoms with Crippen molar-refractivity contribution in [2.24, 2.45) is 11.8 Å². The molecule has 0 spiro atoms. The number of nitrogens with one attached hydrogen (secondary N) is 1. The fraction of sp³-hybridized carbons (Fsp3) is 1.00. The number of rotatable bonds is 6. The Labute approximate surface area is 102 Å². The molecule has 96 valence electrons. The highest BCUT2D eigenvalue weighted by Crippen LogP contribution is 2.22. The van der Waals surface area contributed by atoms with Gasteiger partial charge in [-0.3, -0.25) is 0 Å². The van der Waals surface area contributed by atoms with Crippen molar-refractivity contribution in [3.05, 3.63) is 0 Å². The molecule has 1 unspecified atom stereocenters. The first kappa shape index (κ1) is 14.0. The number of nitrogens with zero attached hydrogens (tertiary/aromatic N) is 1. The fourth-order valence-electron chi connectivity index (χ4n) is 2.78. The molecule has 2 heteroatoms. The van der Waals surface area contributed by atoms with Gasteiger partial charge in [0.15, 0.2) is 0 Å². The van der Waals surface area contributed by atoms with Gasteiger partial charge < -0.3 is 10.2 Å². The van der Waals surface area contributed by atoms with Crippen LogP contribution in [0.1, 0.15) is 46.5 Å². The molecule has 1 aliphatic rings. The van der Waals surface area contributed by atoms with E-state index >= 15 is 0 Å². The summed E-state index contributed by atoms with van der Waals surface area (Å²) < 4.78 is 0. The second-order valence-electron chi connectivity index (χ2n) is 5.67. The number of likely N-dealkylation sites (tertiary alicyclic amines) is 1. The van der Waals surface area contributed by atoms with Crippen molar-refractivity contribution in [3.8, 4) is 0 Å². The first-order chi connectivity index (χ1) is 7.67. The quantitative estimate of drug-likeness (QED) is 0.749. The normalized spacial score (nSPS) is 21.6. The molecule has 0 aromatic carbocycles. The minimum atomic E-state index is 0.655. The second-order valence-corrected chi connectivity index (χ2v) is 5.67. The lowest BCUT2D eigenvalue weighted by atomic mass is 9.92. The first-order valence-corrected chi connectivity index (χ1v) is 7.07. The van der Waals surface area contributed by atoms with Crippen LogP contribution >= 0.6 is 0 Å². The van der Waals surface area contributed by atoms with E-state index in [4.69, 9.17) is 0 Å². The van der Waals surface area contributed by atoms with Crippen molar-refractivity contribution in [1.29, 1.82) is 0 Å². The monoisotopic (exact) mass is 226 g/mol. The van der Waals surface area contributed by atoms with Gasteiger partial charge in [0.1, 0.15) is 0 Å². The van der Waals surface area contributed by atoms with Gasteiger partial charge in [0, 0.05) is 12.6 Å². The fourth-order valence-corrected chi connectivity index (χ4v) is 2.78. The van der Waals surface area contributed by atoms with Gasteiger partial charge in [-0.25, -0.2) is 0 Å². The second kappa shape index (κ2) is 7.29. The molecule has 0 saturated carbocycles. The predicted molar refractivity (Wildman–Crippen MR) is 71.8 cm³/mol. The number of hydrogen-bond donors (Lipinski definition) is 1. The van der Waals surface area contributed by atoms with Gasteiger partial charge in [0.25, 0.3) is 0 Å². The molecule has 0 radical (unpaired) electrons. The summed E-state index contributed by atoms with van der Waals surface area (Å²) in [5.74, 6) is 1.74. The van der Waals surface area contributed by atoms with E-state index in [0.29, 0.717) is 6.04 Å². The van der Waals surface area contributed by atoms with Crippen LogP contribution in [0, 0.1) is 11.8 Å². The van der Waals surface area contributed by atoms with Gasteiger partial charge in [-0.15, -0.1) is 0 Å². The third-order valence-electron chi connectivity index (χ3n) is 4.03. The number of piperidine rings is 1. The van der Waals surface area contributed by atoms with Crippen LogP contribution in [0.2, 0.25) is 0 Å². The maximum atomic E-state index is 3.44. The first-order valence-electron chi connectivity index (χ1n) is 7.07. The summed E-state index contributed by atoms with van der Waals surface area (Å²) in [4.78, 5) is 2.65. The molecule has 1 aliphatic heterocycles. The standard InChI is InChI=1S/C14H30N2/c1-5-6-13-7-9-16(10-8-13)11-14(15-4)12(2)3/h12-15H,5-11H2,1-4H3. The van der Waals surface area contributed by atoms with Crippen LogP contribution in [-0.4, -0.2) is 37.6 Å². The maximum absolute atomic E-state index is 3.44. The van der Waals surface area contributed by atoms with E-state index in [-0.39, 0.29) is 0 Å². The average molecular weight is 226 g/mol. The van der Waals surface area contributed by atoms with Crippen molar-refractivity contribution in [2.45, 2.75) is 52.5 Å². The largest absolute Gasteiger partial charge is 0.315 e. The zero-order chi connectivity index (χ0) is 12.0. The Morgan fingerprint density at radius 1 is 1.25 bits per heavy atom. The Morgan fingerprint density at radius 3 is 2.31 bits per heavy atom. The molecular formula is C14H30N2. The molecule has 1 fully saturated rings. The molecular weight excluding hydrogens is 196 g/mol. The van der Waals surface area contributed by atoms with Crippen LogP contribution in [0.3, 0.4) is 0 Å². The summed E-state index contributed by atoms with van der Waals surface area (Å²) in [7, 11) is 2.09. The molecule has 16 heavy (non-hydrogen) atoms. The highest BCUT2D eigenvalue weighted by molar-refractivity contribution is 4.78. The van der Waals surface area contributed by atoms with E-state index in [0.717, 1.165) is 11.8 Å². The molecule has 1 rings (SSSR count). The summed E-state index contributed by atoms with van der Waals surface area (Å²) >= 11 is 0. The van der Waals surface area contributed by atoms with Crippen molar-refractivity contribution >= 4 is 0 Å². The van der Waals surface area contributed by atoms with Gasteiger partial charge in [-0.05, 0) is 44.8 Å². The smallest absolute Gasteiger partial charge is 0.0214 e. The van der Waals surface area contributed by atoms with Gasteiger partial charge in [-0.2, -0.15) is 0 Å². The lowest BCUT2D eigenvalue weighted by Crippen LogP contribution is -2.45. The molecule has 2 nitrogen and oxygen atoms in total. The van der Waals surface area contributed by atoms with Crippen LogP contribution in [0.25, 0.3) is 0 Å². The van der Waals surface area contributed by atoms with Crippen molar-refractivity contribution in [3.63, 3.8) is 0 Å². The summed E-state index contributed by atoms with van der Waals surface area (Å²) in [5.41, 5.74) is 0. The van der Waals surface area contributed by atoms with Crippen molar-refractivity contribution in [1.82, 2.24) is 10.2 Å². The Kier molecular flexibility index (Phi) is 6.37. The Hall–Kier alpha value is -0.0800. The predicted octanol–water partition coefficient (Wildman–Crippen LogP) is 2.74. The Balaban J connectivity index is 2.25. The van der Waals surface area contributed by atoms with Crippen molar-refractivity contribution < 1.29 is 0 Å². The third-order valence-corrected chi connectivity index (χ3v) is 4.03. The van der Waals surface area contributed by atoms with Crippen LogP contribution in [0.15, 0.2) is 0 Å². The topological polar surface area (TPSA) is 15.3 Å². The SMILES string of the molecule is CCCC1CCN(CC(NC)C(C)C)CC1. The van der Waals surface area contributed by atoms with Gasteiger partial charge in [-0.1, -0.05) is 33.6 Å². The van der Waals surface area contributed by atoms with Gasteiger partial charge >= 0.3 is 0 Å². The number of likely N-dealkylation sites (N-methyl/N-ethyl adjacent to an activating group) is 1. The van der Waals surface area contributed by atoms with E-state index < -0.39 is 0 Å². The lowest BCUT2D eigenvalue weighted by molar-refractivity contribution is 0.154. The van der Waals surface area contributed by atoms with E-state index in [1.165, 1.54) is 45.3 Å². The average Bonchev–Trinajstić information content (AvgIpc) is 2.28. The maximum Gasteiger partial charge on any atom is 0.0214 e. The zero-order valence-electron chi connectivity index (χ0n) is 11.6. The summed E-state index contributed by atoms with van der Waals surface area (Å²) in [6.07, 6.45) is 5.63. The third kappa shape index (κ3) is 4.42. The van der Waals surface area contributed by atoms with E-state index in [1.54, 1.807) is 0 Å². The molecule has 0 aromatic heterocycles. The van der Waals surface area contributed by atoms with E-state index in [9.17, 15) is 0 Å². The van der Waals surface area contributed by atoms with E-state index in [1.807, 2.05) is 0 Å². The summed E-state index contributed by atoms with van der Waals surface area (Å²) in [5, 5.41) is 3.44. The van der Waals surface area contributed by atoms with Crippen molar-refractivity contribution in [2.75, 3.05) is 26.7 Å². The molecule has 0 aliphatic carbocycles. The molecule has 1 heterocycles. The summed E-state index contributed by atoms with van der Waals surface area (Å²) in [6.45, 7) is 10.8. The molecule has 1 atom stereocenters. The van der Waals surface area contributed by atoms with Crippen LogP contribution in [-0.2, 0) is 0 Å². The van der Waals surface area contributed by atoms with Crippen LogP contribution in [0.4, 0.5) is 0 Å². The molecule has 0 bridgehead atoms. The zero-order valence-corrected chi connectivity index (χ0v) is 11.6.